The fourth-order valence-electron chi connectivity index (χ4n) is 2.52. The summed E-state index contributed by atoms with van der Waals surface area (Å²) >= 11 is 13.6. The molecule has 2 fully saturated rings. The van der Waals surface area contributed by atoms with E-state index in [1.165, 1.54) is 23.7 Å². The quantitative estimate of drug-likeness (QED) is 0.417. The van der Waals surface area contributed by atoms with Gasteiger partial charge in [-0.15, -0.1) is 0 Å². The zero-order valence-electron chi connectivity index (χ0n) is 13.0. The number of thioether (sulfide) groups is 1. The van der Waals surface area contributed by atoms with Gasteiger partial charge >= 0.3 is 0 Å². The van der Waals surface area contributed by atoms with E-state index in [0.717, 1.165) is 10.1 Å². The summed E-state index contributed by atoms with van der Waals surface area (Å²) in [6, 6.07) is 16.0. The summed E-state index contributed by atoms with van der Waals surface area (Å²) in [5, 5.41) is -0.474. The van der Waals surface area contributed by atoms with Gasteiger partial charge in [0.1, 0.15) is 0 Å². The lowest BCUT2D eigenvalue weighted by molar-refractivity contribution is -0.117. The van der Waals surface area contributed by atoms with E-state index < -0.39 is 10.6 Å². The van der Waals surface area contributed by atoms with Crippen molar-refractivity contribution in [2.75, 3.05) is 4.90 Å². The number of fused-ring (bicyclic) bond motifs is 1. The van der Waals surface area contributed by atoms with Gasteiger partial charge in [-0.1, -0.05) is 30.0 Å². The van der Waals surface area contributed by atoms with Crippen LogP contribution in [0.5, 0.6) is 0 Å². The molecule has 2 heterocycles. The van der Waals surface area contributed by atoms with E-state index in [9.17, 15) is 9.59 Å². The Morgan fingerprint density at radius 2 is 1.81 bits per heavy atom. The summed E-state index contributed by atoms with van der Waals surface area (Å²) < 4.78 is 2.52. The molecule has 0 saturated carbocycles. The number of hydrogen-bond donors (Lipinski definition) is 0. The smallest absolute Gasteiger partial charge is 0.267 e. The lowest BCUT2D eigenvalue weighted by Crippen LogP contribution is -2.31. The van der Waals surface area contributed by atoms with Crippen LogP contribution in [-0.2, 0) is 4.79 Å². The number of para-hydroxylation sites is 1. The zero-order valence-corrected chi connectivity index (χ0v) is 16.2. The Bertz CT molecular complexity index is 908. The van der Waals surface area contributed by atoms with Gasteiger partial charge in [-0.2, -0.15) is 0 Å². The number of carbonyl (C=O) groups is 2. The second-order valence-corrected chi connectivity index (χ2v) is 8.38. The number of halogens is 1. The molecule has 0 aromatic heterocycles. The SMILES string of the molecule is O=C(Cl)c1ccc(N=C2SC3C(=O)N(c4ccccc4)C(=S)N3S2)cc1. The molecule has 0 N–H and O–H groups in total. The van der Waals surface area contributed by atoms with Crippen LogP contribution in [0, 0.1) is 0 Å². The second kappa shape index (κ2) is 7.03. The number of aliphatic imine (C=N–C) groups is 1. The van der Waals surface area contributed by atoms with Crippen LogP contribution in [0.1, 0.15) is 10.4 Å². The first-order valence-corrected chi connectivity index (χ1v) is 9.94. The van der Waals surface area contributed by atoms with Crippen molar-refractivity contribution in [2.24, 2.45) is 4.99 Å². The molecule has 0 aliphatic carbocycles. The lowest BCUT2D eigenvalue weighted by atomic mass is 10.2. The maximum Gasteiger partial charge on any atom is 0.267 e. The molecule has 2 saturated heterocycles. The highest BCUT2D eigenvalue weighted by atomic mass is 35.5. The molecule has 0 radical (unpaired) electrons. The molecule has 2 aromatic rings. The van der Waals surface area contributed by atoms with Crippen molar-refractivity contribution in [1.29, 1.82) is 0 Å². The van der Waals surface area contributed by atoms with Crippen LogP contribution in [0.4, 0.5) is 11.4 Å². The van der Waals surface area contributed by atoms with Crippen LogP contribution < -0.4 is 4.90 Å². The Morgan fingerprint density at radius 1 is 1.12 bits per heavy atom. The number of amides is 1. The van der Waals surface area contributed by atoms with Gasteiger partial charge in [-0.3, -0.25) is 18.8 Å². The van der Waals surface area contributed by atoms with Gasteiger partial charge in [0.05, 0.1) is 11.4 Å². The largest absolute Gasteiger partial charge is 0.276 e. The van der Waals surface area contributed by atoms with Crippen LogP contribution in [0.25, 0.3) is 0 Å². The average molecular weight is 420 g/mol. The molecular weight excluding hydrogens is 410 g/mol. The summed E-state index contributed by atoms with van der Waals surface area (Å²) in [6.07, 6.45) is 0. The van der Waals surface area contributed by atoms with Crippen molar-refractivity contribution in [3.63, 3.8) is 0 Å². The Kier molecular flexibility index (Phi) is 4.74. The molecule has 1 atom stereocenters. The number of thiocarbonyl (C=S) groups is 1. The van der Waals surface area contributed by atoms with Crippen molar-refractivity contribution >= 4 is 79.5 Å². The monoisotopic (exact) mass is 419 g/mol. The summed E-state index contributed by atoms with van der Waals surface area (Å²) in [4.78, 5) is 30.0. The molecule has 5 nitrogen and oxygen atoms in total. The van der Waals surface area contributed by atoms with Crippen LogP contribution in [-0.4, -0.2) is 30.3 Å². The highest BCUT2D eigenvalue weighted by Gasteiger charge is 2.49. The van der Waals surface area contributed by atoms with E-state index >= 15 is 0 Å². The Morgan fingerprint density at radius 3 is 2.42 bits per heavy atom. The minimum Gasteiger partial charge on any atom is -0.276 e. The van der Waals surface area contributed by atoms with Gasteiger partial charge in [-0.05, 0) is 60.2 Å². The van der Waals surface area contributed by atoms with E-state index in [-0.39, 0.29) is 5.91 Å². The van der Waals surface area contributed by atoms with Crippen LogP contribution >= 0.6 is 47.5 Å². The van der Waals surface area contributed by atoms with E-state index in [1.54, 1.807) is 33.5 Å². The number of anilines is 1. The highest BCUT2D eigenvalue weighted by Crippen LogP contribution is 2.45. The maximum atomic E-state index is 12.8. The number of rotatable bonds is 3. The van der Waals surface area contributed by atoms with Crippen LogP contribution in [0.15, 0.2) is 59.6 Å². The van der Waals surface area contributed by atoms with Gasteiger partial charge in [0.15, 0.2) is 14.9 Å². The minimum atomic E-state index is -0.508. The number of hydrogen-bond acceptors (Lipinski definition) is 6. The number of carbonyl (C=O) groups excluding carboxylic acids is 2. The highest BCUT2D eigenvalue weighted by molar-refractivity contribution is 8.41. The van der Waals surface area contributed by atoms with Crippen molar-refractivity contribution in [3.05, 3.63) is 60.2 Å². The molecule has 2 aliphatic heterocycles. The van der Waals surface area contributed by atoms with Crippen molar-refractivity contribution in [1.82, 2.24) is 4.31 Å². The molecule has 2 aromatic carbocycles. The Labute approximate surface area is 168 Å². The predicted octanol–water partition coefficient (Wildman–Crippen LogP) is 4.41. The summed E-state index contributed by atoms with van der Waals surface area (Å²) in [7, 11) is 0. The zero-order chi connectivity index (χ0) is 18.3. The molecule has 1 amide bonds. The molecule has 0 bridgehead atoms. The van der Waals surface area contributed by atoms with Gasteiger partial charge in [-0.25, -0.2) is 4.99 Å². The van der Waals surface area contributed by atoms with Crippen molar-refractivity contribution in [3.8, 4) is 0 Å². The molecular formula is C17H10ClN3O2S3. The third-order valence-electron chi connectivity index (χ3n) is 3.74. The van der Waals surface area contributed by atoms with Crippen LogP contribution in [0.2, 0.25) is 0 Å². The van der Waals surface area contributed by atoms with Crippen molar-refractivity contribution in [2.45, 2.75) is 5.37 Å². The maximum absolute atomic E-state index is 12.8. The van der Waals surface area contributed by atoms with E-state index in [1.807, 2.05) is 30.3 Å². The molecule has 2 aliphatic rings. The molecule has 9 heteroatoms. The van der Waals surface area contributed by atoms with Gasteiger partial charge in [0.2, 0.25) is 0 Å². The molecule has 1 unspecified atom stereocenters. The van der Waals surface area contributed by atoms with Gasteiger partial charge in [0, 0.05) is 17.5 Å². The van der Waals surface area contributed by atoms with Crippen LogP contribution in [0.3, 0.4) is 0 Å². The first kappa shape index (κ1) is 17.5. The first-order valence-electron chi connectivity index (χ1n) is 7.50. The molecule has 130 valence electrons. The Hall–Kier alpha value is -1.87. The van der Waals surface area contributed by atoms with E-state index in [2.05, 4.69) is 4.99 Å². The first-order chi connectivity index (χ1) is 12.5. The molecule has 26 heavy (non-hydrogen) atoms. The number of nitrogens with zero attached hydrogens (tertiary/aromatic N) is 3. The second-order valence-electron chi connectivity index (χ2n) is 5.38. The third kappa shape index (κ3) is 3.14. The summed E-state index contributed by atoms with van der Waals surface area (Å²) in [5.74, 6) is -0.0769. The topological polar surface area (TPSA) is 53.0 Å². The molecule has 4 rings (SSSR count). The lowest BCUT2D eigenvalue weighted by Gasteiger charge is -2.17. The fraction of sp³-hybridized carbons (Fsp3) is 0.0588. The summed E-state index contributed by atoms with van der Waals surface area (Å²) in [6.45, 7) is 0. The standard InChI is InChI=1S/C17H10ClN3O2S3/c18-13(22)10-6-8-11(9-7-10)19-16-25-15-14(23)20(17(24)21(15)26-16)12-4-2-1-3-5-12/h1-9,15H. The average Bonchev–Trinajstić information content (AvgIpc) is 3.15. The normalized spacial score (nSPS) is 20.8. The number of benzene rings is 2. The predicted molar refractivity (Wildman–Crippen MR) is 111 cm³/mol. The molecule has 0 spiro atoms. The van der Waals surface area contributed by atoms with Gasteiger partial charge in [0.25, 0.3) is 11.1 Å². The van der Waals surface area contributed by atoms with Gasteiger partial charge < -0.3 is 0 Å². The summed E-state index contributed by atoms with van der Waals surface area (Å²) in [5.41, 5.74) is 1.86. The van der Waals surface area contributed by atoms with E-state index in [0.29, 0.717) is 16.4 Å². The third-order valence-corrected chi connectivity index (χ3v) is 6.86. The van der Waals surface area contributed by atoms with E-state index in [4.69, 9.17) is 23.8 Å². The fourth-order valence-corrected chi connectivity index (χ4v) is 5.49. The van der Waals surface area contributed by atoms with Crippen molar-refractivity contribution < 1.29 is 9.59 Å². The minimum absolute atomic E-state index is 0.0769. The Balaban J connectivity index is 1.54.